The van der Waals surface area contributed by atoms with E-state index in [9.17, 15) is 14.4 Å². The van der Waals surface area contributed by atoms with Crippen molar-refractivity contribution in [3.05, 3.63) is 59.7 Å². The first kappa shape index (κ1) is 18.4. The van der Waals surface area contributed by atoms with Gasteiger partial charge in [0.15, 0.2) is 0 Å². The molecule has 0 unspecified atom stereocenters. The number of anilines is 2. The number of aryl methyl sites for hydroxylation is 1. The zero-order valence-corrected chi connectivity index (χ0v) is 16.1. The molecule has 3 amide bonds. The molecule has 2 fully saturated rings. The number of benzene rings is 2. The summed E-state index contributed by atoms with van der Waals surface area (Å²) in [5.41, 5.74) is 2.78. The number of amides is 3. The number of imide groups is 1. The van der Waals surface area contributed by atoms with Gasteiger partial charge in [0.1, 0.15) is 0 Å². The van der Waals surface area contributed by atoms with Crippen molar-refractivity contribution >= 4 is 29.1 Å². The predicted molar refractivity (Wildman–Crippen MR) is 108 cm³/mol. The molecule has 0 spiro atoms. The third-order valence-corrected chi connectivity index (χ3v) is 5.97. The third kappa shape index (κ3) is 3.21. The number of hydrogen-bond donors (Lipinski definition) is 1. The van der Waals surface area contributed by atoms with Gasteiger partial charge in [-0.25, -0.2) is 0 Å². The second kappa shape index (κ2) is 7.23. The molecule has 5 heteroatoms. The number of rotatable bonds is 3. The van der Waals surface area contributed by atoms with Gasteiger partial charge in [0, 0.05) is 11.3 Å². The van der Waals surface area contributed by atoms with Crippen LogP contribution in [0.15, 0.2) is 48.5 Å². The lowest BCUT2D eigenvalue weighted by Gasteiger charge is -2.25. The minimum absolute atomic E-state index is 0.0981. The summed E-state index contributed by atoms with van der Waals surface area (Å²) in [5, 5.41) is 2.89. The van der Waals surface area contributed by atoms with Crippen molar-refractivity contribution in [2.45, 2.75) is 33.1 Å². The SMILES string of the molecule is Cc1ccccc1NC(=O)c1ccc(N2C(=O)[C@@H]3CC[C@@H](C)C[C@H]3C2=O)cc1. The van der Waals surface area contributed by atoms with E-state index in [0.717, 1.165) is 30.5 Å². The zero-order valence-electron chi connectivity index (χ0n) is 16.1. The van der Waals surface area contributed by atoms with E-state index in [4.69, 9.17) is 0 Å². The highest BCUT2D eigenvalue weighted by Crippen LogP contribution is 2.42. The molecule has 1 saturated heterocycles. The van der Waals surface area contributed by atoms with Crippen LogP contribution in [-0.4, -0.2) is 17.7 Å². The number of carbonyl (C=O) groups is 3. The summed E-state index contributed by atoms with van der Waals surface area (Å²) in [6, 6.07) is 14.3. The summed E-state index contributed by atoms with van der Waals surface area (Å²) >= 11 is 0. The highest BCUT2D eigenvalue weighted by molar-refractivity contribution is 6.22. The second-order valence-corrected chi connectivity index (χ2v) is 7.96. The summed E-state index contributed by atoms with van der Waals surface area (Å²) in [6.45, 7) is 4.07. The van der Waals surface area contributed by atoms with Gasteiger partial charge in [-0.15, -0.1) is 0 Å². The Morgan fingerprint density at radius 1 is 0.964 bits per heavy atom. The monoisotopic (exact) mass is 376 g/mol. The molecular weight excluding hydrogens is 352 g/mol. The molecule has 3 atom stereocenters. The van der Waals surface area contributed by atoms with Crippen molar-refractivity contribution in [2.24, 2.45) is 17.8 Å². The summed E-state index contributed by atoms with van der Waals surface area (Å²) in [6.07, 6.45) is 2.55. The van der Waals surface area contributed by atoms with E-state index in [1.54, 1.807) is 24.3 Å². The van der Waals surface area contributed by atoms with Crippen LogP contribution in [0.4, 0.5) is 11.4 Å². The summed E-state index contributed by atoms with van der Waals surface area (Å²) in [4.78, 5) is 39.4. The Labute approximate surface area is 164 Å². The number of fused-ring (bicyclic) bond motifs is 1. The van der Waals surface area contributed by atoms with E-state index < -0.39 is 0 Å². The topological polar surface area (TPSA) is 66.5 Å². The number of nitrogens with one attached hydrogen (secondary N) is 1. The van der Waals surface area contributed by atoms with Crippen molar-refractivity contribution in [1.29, 1.82) is 0 Å². The second-order valence-electron chi connectivity index (χ2n) is 7.96. The Bertz CT molecular complexity index is 935. The largest absolute Gasteiger partial charge is 0.322 e. The molecule has 0 aromatic heterocycles. The standard InChI is InChI=1S/C23H24N2O3/c1-14-7-12-18-19(13-14)23(28)25(22(18)27)17-10-8-16(9-11-17)21(26)24-20-6-4-3-5-15(20)2/h3-6,8-11,14,18-19H,7,12-13H2,1-2H3,(H,24,26)/t14-,18-,19-/m1/s1. The van der Waals surface area contributed by atoms with Gasteiger partial charge in [-0.1, -0.05) is 25.1 Å². The summed E-state index contributed by atoms with van der Waals surface area (Å²) < 4.78 is 0. The first-order valence-electron chi connectivity index (χ1n) is 9.80. The molecule has 0 radical (unpaired) electrons. The molecule has 2 aromatic carbocycles. The van der Waals surface area contributed by atoms with E-state index in [-0.39, 0.29) is 29.6 Å². The lowest BCUT2D eigenvalue weighted by molar-refractivity contribution is -0.122. The van der Waals surface area contributed by atoms with E-state index in [2.05, 4.69) is 12.2 Å². The average molecular weight is 376 g/mol. The maximum atomic E-state index is 12.8. The molecular formula is C23H24N2O3. The molecule has 4 rings (SSSR count). The minimum Gasteiger partial charge on any atom is -0.322 e. The van der Waals surface area contributed by atoms with Crippen LogP contribution in [0.25, 0.3) is 0 Å². The summed E-state index contributed by atoms with van der Waals surface area (Å²) in [5.74, 6) is -0.321. The Kier molecular flexibility index (Phi) is 4.75. The van der Waals surface area contributed by atoms with Crippen LogP contribution in [0.1, 0.15) is 42.1 Å². The smallest absolute Gasteiger partial charge is 0.255 e. The number of hydrogen-bond acceptors (Lipinski definition) is 3. The van der Waals surface area contributed by atoms with Crippen LogP contribution in [-0.2, 0) is 9.59 Å². The van der Waals surface area contributed by atoms with Crippen LogP contribution in [0.2, 0.25) is 0 Å². The Morgan fingerprint density at radius 3 is 2.36 bits per heavy atom. The maximum absolute atomic E-state index is 12.8. The normalized spacial score (nSPS) is 24.2. The van der Waals surface area contributed by atoms with Gasteiger partial charge in [-0.05, 0) is 68.0 Å². The molecule has 1 heterocycles. The van der Waals surface area contributed by atoms with E-state index in [0.29, 0.717) is 17.2 Å². The quantitative estimate of drug-likeness (QED) is 0.818. The van der Waals surface area contributed by atoms with E-state index >= 15 is 0 Å². The number of nitrogens with zero attached hydrogens (tertiary/aromatic N) is 1. The van der Waals surface area contributed by atoms with Crippen LogP contribution in [0, 0.1) is 24.7 Å². The minimum atomic E-state index is -0.220. The Hall–Kier alpha value is -2.95. The van der Waals surface area contributed by atoms with Crippen molar-refractivity contribution in [3.63, 3.8) is 0 Å². The lowest BCUT2D eigenvalue weighted by atomic mass is 9.76. The first-order chi connectivity index (χ1) is 13.5. The molecule has 5 nitrogen and oxygen atoms in total. The van der Waals surface area contributed by atoms with Gasteiger partial charge in [0.05, 0.1) is 17.5 Å². The van der Waals surface area contributed by atoms with Gasteiger partial charge in [-0.2, -0.15) is 0 Å². The third-order valence-electron chi connectivity index (χ3n) is 5.97. The molecule has 1 N–H and O–H groups in total. The summed E-state index contributed by atoms with van der Waals surface area (Å²) in [7, 11) is 0. The van der Waals surface area contributed by atoms with Crippen molar-refractivity contribution in [2.75, 3.05) is 10.2 Å². The Balaban J connectivity index is 1.52. The van der Waals surface area contributed by atoms with Crippen LogP contribution in [0.5, 0.6) is 0 Å². The van der Waals surface area contributed by atoms with Crippen LogP contribution >= 0.6 is 0 Å². The number of carbonyl (C=O) groups excluding carboxylic acids is 3. The van der Waals surface area contributed by atoms with Crippen molar-refractivity contribution in [3.8, 4) is 0 Å². The molecule has 2 aliphatic rings. The fourth-order valence-corrected chi connectivity index (χ4v) is 4.31. The zero-order chi connectivity index (χ0) is 19.8. The molecule has 28 heavy (non-hydrogen) atoms. The molecule has 2 aromatic rings. The van der Waals surface area contributed by atoms with Gasteiger partial charge in [0.25, 0.3) is 5.91 Å². The van der Waals surface area contributed by atoms with Gasteiger partial charge < -0.3 is 5.32 Å². The number of para-hydroxylation sites is 1. The first-order valence-corrected chi connectivity index (χ1v) is 9.80. The van der Waals surface area contributed by atoms with E-state index in [1.807, 2.05) is 31.2 Å². The fraction of sp³-hybridized carbons (Fsp3) is 0.348. The van der Waals surface area contributed by atoms with Crippen LogP contribution in [0.3, 0.4) is 0 Å². The Morgan fingerprint density at radius 2 is 1.64 bits per heavy atom. The van der Waals surface area contributed by atoms with Crippen molar-refractivity contribution < 1.29 is 14.4 Å². The predicted octanol–water partition coefficient (Wildman–Crippen LogP) is 4.17. The van der Waals surface area contributed by atoms with Gasteiger partial charge in [0.2, 0.25) is 11.8 Å². The fourth-order valence-electron chi connectivity index (χ4n) is 4.31. The highest BCUT2D eigenvalue weighted by Gasteiger charge is 2.49. The maximum Gasteiger partial charge on any atom is 0.255 e. The molecule has 1 aliphatic carbocycles. The van der Waals surface area contributed by atoms with Crippen molar-refractivity contribution in [1.82, 2.24) is 0 Å². The highest BCUT2D eigenvalue weighted by atomic mass is 16.2. The van der Waals surface area contributed by atoms with E-state index in [1.165, 1.54) is 4.90 Å². The molecule has 1 aliphatic heterocycles. The average Bonchev–Trinajstić information content (AvgIpc) is 2.93. The molecule has 0 bridgehead atoms. The van der Waals surface area contributed by atoms with Crippen LogP contribution < -0.4 is 10.2 Å². The molecule has 1 saturated carbocycles. The molecule has 144 valence electrons. The lowest BCUT2D eigenvalue weighted by Crippen LogP contribution is -2.30. The van der Waals surface area contributed by atoms with Gasteiger partial charge >= 0.3 is 0 Å². The van der Waals surface area contributed by atoms with Gasteiger partial charge in [-0.3, -0.25) is 19.3 Å².